The van der Waals surface area contributed by atoms with Crippen molar-refractivity contribution in [1.29, 1.82) is 0 Å². The smallest absolute Gasteiger partial charge is 0.122 e. The van der Waals surface area contributed by atoms with Crippen molar-refractivity contribution in [3.63, 3.8) is 0 Å². The molecule has 4 unspecified atom stereocenters. The van der Waals surface area contributed by atoms with Gasteiger partial charge >= 0.3 is 0 Å². The topological polar surface area (TPSA) is 47.3 Å². The van der Waals surface area contributed by atoms with Gasteiger partial charge in [-0.1, -0.05) is 25.1 Å². The normalized spacial score (nSPS) is 30.3. The molecule has 3 N–H and O–H groups in total. The third-order valence-corrected chi connectivity index (χ3v) is 7.72. The molecule has 0 aliphatic carbocycles. The van der Waals surface area contributed by atoms with E-state index in [4.69, 9.17) is 10.6 Å². The van der Waals surface area contributed by atoms with Crippen molar-refractivity contribution in [3.05, 3.63) is 29.8 Å². The quantitative estimate of drug-likeness (QED) is 0.658. The highest BCUT2D eigenvalue weighted by atomic mass is 32.2. The Morgan fingerprint density at radius 1 is 1.33 bits per heavy atom. The summed E-state index contributed by atoms with van der Waals surface area (Å²) in [6.45, 7) is 3.16. The van der Waals surface area contributed by atoms with Gasteiger partial charge < -0.3 is 4.74 Å². The highest BCUT2D eigenvalue weighted by Gasteiger charge is 2.33. The summed E-state index contributed by atoms with van der Waals surface area (Å²) in [5.74, 6) is 10.0. The summed E-state index contributed by atoms with van der Waals surface area (Å²) in [6, 6.07) is 8.82. The second-order valence-corrected chi connectivity index (χ2v) is 8.56. The van der Waals surface area contributed by atoms with E-state index >= 15 is 0 Å². The van der Waals surface area contributed by atoms with Crippen molar-refractivity contribution < 1.29 is 4.74 Å². The fourth-order valence-corrected chi connectivity index (χ4v) is 6.31. The van der Waals surface area contributed by atoms with E-state index in [1.807, 2.05) is 0 Å². The maximum atomic E-state index is 5.90. The van der Waals surface area contributed by atoms with Gasteiger partial charge in [-0.2, -0.15) is 23.5 Å². The van der Waals surface area contributed by atoms with Gasteiger partial charge in [0.25, 0.3) is 0 Å². The largest absolute Gasteiger partial charge is 0.493 e. The number of fused-ring (bicyclic) bond motifs is 1. The standard InChI is InChI=1S/C16H24N2OS2/c1-11-16(21-9-8-20-11)14(18-17)10-12-6-7-19-15-5-3-2-4-13(12)15/h2-5,11-12,14,16,18H,6-10,17H2,1H3. The third kappa shape index (κ3) is 3.52. The SMILES string of the molecule is CC1SCCSC1C(CC1CCOc2ccccc21)NN. The lowest BCUT2D eigenvalue weighted by Gasteiger charge is -2.37. The molecule has 2 aliphatic heterocycles. The summed E-state index contributed by atoms with van der Waals surface area (Å²) in [4.78, 5) is 0. The maximum Gasteiger partial charge on any atom is 0.122 e. The number of nitrogens with one attached hydrogen (secondary N) is 1. The molecule has 0 amide bonds. The van der Waals surface area contributed by atoms with Crippen LogP contribution < -0.4 is 16.0 Å². The number of nitrogens with two attached hydrogens (primary N) is 1. The van der Waals surface area contributed by atoms with Gasteiger partial charge in [-0.25, -0.2) is 0 Å². The number of hydrazine groups is 1. The van der Waals surface area contributed by atoms with Gasteiger partial charge in [0.1, 0.15) is 5.75 Å². The summed E-state index contributed by atoms with van der Waals surface area (Å²) in [6.07, 6.45) is 2.19. The molecule has 1 saturated heterocycles. The van der Waals surface area contributed by atoms with Gasteiger partial charge in [0, 0.05) is 28.0 Å². The monoisotopic (exact) mass is 324 g/mol. The molecule has 4 atom stereocenters. The van der Waals surface area contributed by atoms with E-state index in [1.54, 1.807) is 0 Å². The number of hydrogen-bond acceptors (Lipinski definition) is 5. The van der Waals surface area contributed by atoms with Crippen molar-refractivity contribution in [1.82, 2.24) is 5.43 Å². The second-order valence-electron chi connectivity index (χ2n) is 5.79. The van der Waals surface area contributed by atoms with E-state index in [1.165, 1.54) is 17.1 Å². The molecule has 5 heteroatoms. The Labute approximate surface area is 135 Å². The van der Waals surface area contributed by atoms with Crippen LogP contribution in [0, 0.1) is 0 Å². The van der Waals surface area contributed by atoms with E-state index in [0.29, 0.717) is 22.5 Å². The van der Waals surface area contributed by atoms with E-state index < -0.39 is 0 Å². The van der Waals surface area contributed by atoms with Gasteiger partial charge in [0.05, 0.1) is 6.61 Å². The Hall–Kier alpha value is -0.360. The minimum Gasteiger partial charge on any atom is -0.493 e. The average molecular weight is 325 g/mol. The van der Waals surface area contributed by atoms with Crippen LogP contribution in [0.25, 0.3) is 0 Å². The predicted molar refractivity (Wildman–Crippen MR) is 93.2 cm³/mol. The third-order valence-electron chi connectivity index (χ3n) is 4.47. The molecule has 116 valence electrons. The van der Waals surface area contributed by atoms with Crippen molar-refractivity contribution in [2.75, 3.05) is 18.1 Å². The first kappa shape index (κ1) is 15.5. The lowest BCUT2D eigenvalue weighted by Crippen LogP contribution is -2.48. The average Bonchev–Trinajstić information content (AvgIpc) is 2.53. The van der Waals surface area contributed by atoms with Crippen molar-refractivity contribution in [3.8, 4) is 5.75 Å². The highest BCUT2D eigenvalue weighted by Crippen LogP contribution is 2.40. The first-order valence-electron chi connectivity index (χ1n) is 7.70. The van der Waals surface area contributed by atoms with Crippen LogP contribution >= 0.6 is 23.5 Å². The number of thioether (sulfide) groups is 2. The Morgan fingerprint density at radius 3 is 2.95 bits per heavy atom. The van der Waals surface area contributed by atoms with E-state index in [2.05, 4.69) is 60.1 Å². The molecule has 0 radical (unpaired) electrons. The Kier molecular flexibility index (Phi) is 5.38. The van der Waals surface area contributed by atoms with E-state index in [-0.39, 0.29) is 0 Å². The summed E-state index contributed by atoms with van der Waals surface area (Å²) < 4.78 is 5.77. The van der Waals surface area contributed by atoms with Crippen LogP contribution in [-0.2, 0) is 0 Å². The molecule has 0 saturated carbocycles. The summed E-state index contributed by atoms with van der Waals surface area (Å²) >= 11 is 4.16. The molecule has 3 rings (SSSR count). The van der Waals surface area contributed by atoms with Crippen LogP contribution in [0.4, 0.5) is 0 Å². The van der Waals surface area contributed by atoms with Crippen molar-refractivity contribution in [2.45, 2.75) is 42.2 Å². The van der Waals surface area contributed by atoms with Crippen LogP contribution in [-0.4, -0.2) is 34.7 Å². The minimum absolute atomic E-state index is 0.369. The molecule has 2 aliphatic rings. The van der Waals surface area contributed by atoms with E-state index in [0.717, 1.165) is 25.2 Å². The molecule has 21 heavy (non-hydrogen) atoms. The predicted octanol–water partition coefficient (Wildman–Crippen LogP) is 3.01. The number of benzene rings is 1. The van der Waals surface area contributed by atoms with Crippen LogP contribution in [0.15, 0.2) is 24.3 Å². The fraction of sp³-hybridized carbons (Fsp3) is 0.625. The zero-order chi connectivity index (χ0) is 14.7. The molecule has 2 heterocycles. The molecule has 1 fully saturated rings. The summed E-state index contributed by atoms with van der Waals surface area (Å²) in [5, 5.41) is 1.27. The van der Waals surface area contributed by atoms with Crippen LogP contribution in [0.3, 0.4) is 0 Å². The molecule has 3 nitrogen and oxygen atoms in total. The van der Waals surface area contributed by atoms with Gasteiger partial charge in [0.15, 0.2) is 0 Å². The fourth-order valence-electron chi connectivity index (χ4n) is 3.36. The van der Waals surface area contributed by atoms with Crippen LogP contribution in [0.5, 0.6) is 5.75 Å². The zero-order valence-corrected chi connectivity index (χ0v) is 14.1. The van der Waals surface area contributed by atoms with Gasteiger partial charge in [-0.15, -0.1) is 0 Å². The Morgan fingerprint density at radius 2 is 2.14 bits per heavy atom. The lowest BCUT2D eigenvalue weighted by molar-refractivity contribution is 0.254. The van der Waals surface area contributed by atoms with Crippen molar-refractivity contribution >= 4 is 23.5 Å². The van der Waals surface area contributed by atoms with Gasteiger partial charge in [0.2, 0.25) is 0 Å². The Bertz CT molecular complexity index is 471. The van der Waals surface area contributed by atoms with Crippen LogP contribution in [0.2, 0.25) is 0 Å². The Balaban J connectivity index is 1.72. The van der Waals surface area contributed by atoms with Gasteiger partial charge in [-0.3, -0.25) is 11.3 Å². The molecule has 0 aromatic heterocycles. The minimum atomic E-state index is 0.369. The number of ether oxygens (including phenoxy) is 1. The highest BCUT2D eigenvalue weighted by molar-refractivity contribution is 8.07. The summed E-state index contributed by atoms with van der Waals surface area (Å²) in [7, 11) is 0. The zero-order valence-electron chi connectivity index (χ0n) is 12.5. The molecular formula is C16H24N2OS2. The van der Waals surface area contributed by atoms with Crippen LogP contribution in [0.1, 0.15) is 31.2 Å². The summed E-state index contributed by atoms with van der Waals surface area (Å²) in [5.41, 5.74) is 4.46. The maximum absolute atomic E-state index is 5.90. The number of hydrogen-bond donors (Lipinski definition) is 2. The van der Waals surface area contributed by atoms with Gasteiger partial charge in [-0.05, 0) is 30.4 Å². The first-order chi connectivity index (χ1) is 10.3. The molecule has 1 aromatic carbocycles. The van der Waals surface area contributed by atoms with E-state index in [9.17, 15) is 0 Å². The number of para-hydroxylation sites is 1. The molecule has 1 aromatic rings. The molecule has 0 spiro atoms. The first-order valence-corrected chi connectivity index (χ1v) is 9.80. The molecule has 0 bridgehead atoms. The molecular weight excluding hydrogens is 300 g/mol. The number of rotatable bonds is 4. The van der Waals surface area contributed by atoms with Crippen molar-refractivity contribution in [2.24, 2.45) is 5.84 Å². The second kappa shape index (κ2) is 7.27. The lowest BCUT2D eigenvalue weighted by atomic mass is 9.86.